The van der Waals surface area contributed by atoms with Gasteiger partial charge in [0, 0.05) is 12.3 Å². The predicted octanol–water partition coefficient (Wildman–Crippen LogP) is 4.70. The molecule has 3 nitrogen and oxygen atoms in total. The van der Waals surface area contributed by atoms with Crippen LogP contribution in [0.15, 0.2) is 47.5 Å². The number of carbonyl (C=O) groups is 1. The lowest BCUT2D eigenvalue weighted by Gasteiger charge is -2.03. The molecule has 0 fully saturated rings. The molecular formula is C20H22N2OS2. The molecular weight excluding hydrogens is 348 g/mol. The van der Waals surface area contributed by atoms with Crippen LogP contribution >= 0.6 is 23.1 Å². The standard InChI is InChI=1S/C20H22N2OS2/c1-4-22-17-10-14(2)15(3)11-18(17)25-20(22)21-19(23)13-24-12-16-8-6-5-7-9-16/h5-11H,4,12-13H2,1-3H3. The summed E-state index contributed by atoms with van der Waals surface area (Å²) in [6, 6.07) is 14.6. The molecule has 0 aliphatic heterocycles. The Hall–Kier alpha value is -1.85. The molecule has 1 heterocycles. The van der Waals surface area contributed by atoms with Gasteiger partial charge in [0.2, 0.25) is 0 Å². The van der Waals surface area contributed by atoms with E-state index in [0.717, 1.165) is 17.1 Å². The molecule has 0 radical (unpaired) electrons. The van der Waals surface area contributed by atoms with Gasteiger partial charge in [-0.1, -0.05) is 41.7 Å². The fourth-order valence-electron chi connectivity index (χ4n) is 2.68. The van der Waals surface area contributed by atoms with Crippen molar-refractivity contribution in [2.45, 2.75) is 33.1 Å². The van der Waals surface area contributed by atoms with Crippen molar-refractivity contribution in [1.82, 2.24) is 4.57 Å². The third-order valence-electron chi connectivity index (χ3n) is 4.17. The number of fused-ring (bicyclic) bond motifs is 1. The van der Waals surface area contributed by atoms with Crippen molar-refractivity contribution in [3.63, 3.8) is 0 Å². The summed E-state index contributed by atoms with van der Waals surface area (Å²) in [4.78, 5) is 17.5. The van der Waals surface area contributed by atoms with Crippen LogP contribution in [0.25, 0.3) is 10.2 Å². The number of thiazole rings is 1. The highest BCUT2D eigenvalue weighted by Gasteiger charge is 2.08. The van der Waals surface area contributed by atoms with E-state index < -0.39 is 0 Å². The number of hydrogen-bond acceptors (Lipinski definition) is 3. The summed E-state index contributed by atoms with van der Waals surface area (Å²) in [5.41, 5.74) is 4.94. The van der Waals surface area contributed by atoms with Gasteiger partial charge in [-0.05, 0) is 49.6 Å². The quantitative estimate of drug-likeness (QED) is 0.652. The largest absolute Gasteiger partial charge is 0.317 e. The van der Waals surface area contributed by atoms with Crippen LogP contribution in [0.3, 0.4) is 0 Å². The highest BCUT2D eigenvalue weighted by molar-refractivity contribution is 7.99. The van der Waals surface area contributed by atoms with Crippen molar-refractivity contribution in [3.05, 3.63) is 64.0 Å². The van der Waals surface area contributed by atoms with Crippen LogP contribution in [0.1, 0.15) is 23.6 Å². The van der Waals surface area contributed by atoms with Gasteiger partial charge in [-0.3, -0.25) is 4.79 Å². The lowest BCUT2D eigenvalue weighted by molar-refractivity contribution is -0.115. The summed E-state index contributed by atoms with van der Waals surface area (Å²) in [6.45, 7) is 7.14. The van der Waals surface area contributed by atoms with E-state index in [1.165, 1.54) is 26.9 Å². The lowest BCUT2D eigenvalue weighted by atomic mass is 10.1. The summed E-state index contributed by atoms with van der Waals surface area (Å²) < 4.78 is 3.32. The van der Waals surface area contributed by atoms with Crippen LogP contribution in [0.4, 0.5) is 0 Å². The first-order valence-corrected chi connectivity index (χ1v) is 10.4. The minimum atomic E-state index is -0.0665. The Balaban J connectivity index is 1.79. The molecule has 2 aromatic carbocycles. The van der Waals surface area contributed by atoms with E-state index in [9.17, 15) is 4.79 Å². The molecule has 0 bridgehead atoms. The first-order valence-electron chi connectivity index (χ1n) is 8.38. The van der Waals surface area contributed by atoms with E-state index in [1.54, 1.807) is 23.1 Å². The number of aryl methyl sites for hydroxylation is 3. The van der Waals surface area contributed by atoms with Crippen LogP contribution in [-0.2, 0) is 17.1 Å². The number of aromatic nitrogens is 1. The molecule has 0 spiro atoms. The normalized spacial score (nSPS) is 12.0. The van der Waals surface area contributed by atoms with Crippen LogP contribution in [0.5, 0.6) is 0 Å². The molecule has 3 rings (SSSR count). The van der Waals surface area contributed by atoms with Crippen molar-refractivity contribution in [3.8, 4) is 0 Å². The second-order valence-electron chi connectivity index (χ2n) is 6.02. The third-order valence-corrected chi connectivity index (χ3v) is 6.20. The Bertz CT molecular complexity index is 955. The van der Waals surface area contributed by atoms with Crippen molar-refractivity contribution in [2.75, 3.05) is 5.75 Å². The van der Waals surface area contributed by atoms with Crippen LogP contribution in [0.2, 0.25) is 0 Å². The summed E-state index contributed by atoms with van der Waals surface area (Å²) in [7, 11) is 0. The van der Waals surface area contributed by atoms with E-state index in [1.807, 2.05) is 18.2 Å². The monoisotopic (exact) mass is 370 g/mol. The number of hydrogen-bond donors (Lipinski definition) is 0. The summed E-state index contributed by atoms with van der Waals surface area (Å²) >= 11 is 3.21. The van der Waals surface area contributed by atoms with E-state index >= 15 is 0 Å². The minimum absolute atomic E-state index is 0.0665. The second kappa shape index (κ2) is 8.02. The smallest absolute Gasteiger partial charge is 0.258 e. The van der Waals surface area contributed by atoms with Gasteiger partial charge in [0.1, 0.15) is 0 Å². The van der Waals surface area contributed by atoms with Crippen LogP contribution < -0.4 is 4.80 Å². The third kappa shape index (κ3) is 4.22. The topological polar surface area (TPSA) is 34.4 Å². The molecule has 0 atom stereocenters. The number of benzene rings is 2. The Kier molecular flexibility index (Phi) is 5.76. The summed E-state index contributed by atoms with van der Waals surface area (Å²) in [5, 5.41) is 0. The number of carbonyl (C=O) groups excluding carboxylic acids is 1. The Labute approximate surface area is 156 Å². The van der Waals surface area contributed by atoms with Gasteiger partial charge in [0.25, 0.3) is 5.91 Å². The zero-order chi connectivity index (χ0) is 17.8. The average molecular weight is 371 g/mol. The van der Waals surface area contributed by atoms with Crippen LogP contribution in [0, 0.1) is 13.8 Å². The van der Waals surface area contributed by atoms with Gasteiger partial charge in [-0.15, -0.1) is 11.8 Å². The first kappa shape index (κ1) is 18.0. The number of rotatable bonds is 5. The van der Waals surface area contributed by atoms with Gasteiger partial charge >= 0.3 is 0 Å². The maximum atomic E-state index is 12.3. The van der Waals surface area contributed by atoms with Crippen molar-refractivity contribution in [2.24, 2.45) is 4.99 Å². The predicted molar refractivity (Wildman–Crippen MR) is 108 cm³/mol. The molecule has 1 aromatic heterocycles. The molecule has 0 N–H and O–H groups in total. The highest BCUT2D eigenvalue weighted by atomic mass is 32.2. The number of thioether (sulfide) groups is 1. The van der Waals surface area contributed by atoms with Gasteiger partial charge < -0.3 is 4.57 Å². The Morgan fingerprint density at radius 1 is 1.16 bits per heavy atom. The molecule has 0 saturated heterocycles. The summed E-state index contributed by atoms with van der Waals surface area (Å²) in [5.74, 6) is 1.18. The van der Waals surface area contributed by atoms with Crippen molar-refractivity contribution in [1.29, 1.82) is 0 Å². The number of nitrogens with zero attached hydrogens (tertiary/aromatic N) is 2. The van der Waals surface area contributed by atoms with E-state index in [-0.39, 0.29) is 5.91 Å². The summed E-state index contributed by atoms with van der Waals surface area (Å²) in [6.07, 6.45) is 0. The zero-order valence-corrected chi connectivity index (χ0v) is 16.4. The van der Waals surface area contributed by atoms with E-state index in [2.05, 4.69) is 54.6 Å². The van der Waals surface area contributed by atoms with Gasteiger partial charge in [0.05, 0.1) is 16.0 Å². The fourth-order valence-corrected chi connectivity index (χ4v) is 4.64. The molecule has 0 unspecified atom stereocenters. The molecule has 0 saturated carbocycles. The molecule has 1 amide bonds. The van der Waals surface area contributed by atoms with Crippen molar-refractivity contribution < 1.29 is 4.79 Å². The minimum Gasteiger partial charge on any atom is -0.317 e. The molecule has 3 aromatic rings. The van der Waals surface area contributed by atoms with Gasteiger partial charge in [-0.2, -0.15) is 4.99 Å². The zero-order valence-electron chi connectivity index (χ0n) is 14.8. The van der Waals surface area contributed by atoms with Gasteiger partial charge in [-0.25, -0.2) is 0 Å². The van der Waals surface area contributed by atoms with Gasteiger partial charge in [0.15, 0.2) is 4.80 Å². The first-order chi connectivity index (χ1) is 12.1. The Morgan fingerprint density at radius 3 is 2.60 bits per heavy atom. The molecule has 130 valence electrons. The highest BCUT2D eigenvalue weighted by Crippen LogP contribution is 2.22. The maximum absolute atomic E-state index is 12.3. The lowest BCUT2D eigenvalue weighted by Crippen LogP contribution is -2.16. The van der Waals surface area contributed by atoms with Crippen molar-refractivity contribution >= 4 is 39.2 Å². The van der Waals surface area contributed by atoms with E-state index in [4.69, 9.17) is 0 Å². The van der Waals surface area contributed by atoms with E-state index in [0.29, 0.717) is 5.75 Å². The molecule has 25 heavy (non-hydrogen) atoms. The SMILES string of the molecule is CCn1c(=NC(=O)CSCc2ccccc2)sc2cc(C)c(C)cc21. The Morgan fingerprint density at radius 2 is 1.88 bits per heavy atom. The fraction of sp³-hybridized carbons (Fsp3) is 0.300. The number of amides is 1. The molecule has 0 aliphatic carbocycles. The average Bonchev–Trinajstić information content (AvgIpc) is 2.92. The maximum Gasteiger partial charge on any atom is 0.258 e. The second-order valence-corrected chi connectivity index (χ2v) is 8.01. The molecule has 0 aliphatic rings. The van der Waals surface area contributed by atoms with Crippen LogP contribution in [-0.4, -0.2) is 16.2 Å². The molecule has 5 heteroatoms.